The van der Waals surface area contributed by atoms with E-state index in [2.05, 4.69) is 0 Å². The number of Topliss-reactive ketones (excluding diaryl/α,β-unsaturated/α-hetero) is 4. The average molecular weight is 257 g/mol. The fraction of sp³-hybridized carbons (Fsp3) is 0.400. The summed E-state index contributed by atoms with van der Waals surface area (Å²) < 4.78 is 0. The number of carbonyl (C=O) groups is 4. The van der Waals surface area contributed by atoms with E-state index in [9.17, 15) is 19.2 Å². The number of hydrogen-bond acceptors (Lipinski definition) is 4. The van der Waals surface area contributed by atoms with Gasteiger partial charge < -0.3 is 19.2 Å². The van der Waals surface area contributed by atoms with Crippen molar-refractivity contribution < 1.29 is 35.7 Å². The molecule has 15 heavy (non-hydrogen) atoms. The van der Waals surface area contributed by atoms with Gasteiger partial charge in [-0.05, 0) is 27.7 Å². The largest absolute Gasteiger partial charge is 2.00 e. The number of ketones is 4. The molecule has 0 radical (unpaired) electrons. The summed E-state index contributed by atoms with van der Waals surface area (Å²) in [4.78, 5) is 39.9. The molecule has 0 atom stereocenters. The zero-order valence-electron chi connectivity index (χ0n) is 9.10. The summed E-state index contributed by atoms with van der Waals surface area (Å²) in [5, 5.41) is 0. The third-order valence-corrected chi connectivity index (χ3v) is 0.813. The molecular weight excluding hydrogens is 243 g/mol. The zero-order chi connectivity index (χ0) is 11.7. The minimum absolute atomic E-state index is 0. The molecule has 0 saturated heterocycles. The van der Waals surface area contributed by atoms with Gasteiger partial charge in [0.25, 0.3) is 0 Å². The van der Waals surface area contributed by atoms with Crippen molar-refractivity contribution in [3.05, 3.63) is 12.8 Å². The van der Waals surface area contributed by atoms with Gasteiger partial charge in [-0.2, -0.15) is 0 Å². The van der Waals surface area contributed by atoms with E-state index in [1.165, 1.54) is 27.7 Å². The smallest absolute Gasteiger partial charge is 0.334 e. The molecule has 0 aromatic rings. The Bertz CT molecular complexity index is 196. The summed E-state index contributed by atoms with van der Waals surface area (Å²) in [5.74, 6) is -0.750. The van der Waals surface area contributed by atoms with Crippen LogP contribution in [0.1, 0.15) is 27.7 Å². The van der Waals surface area contributed by atoms with Crippen molar-refractivity contribution >= 4 is 23.1 Å². The summed E-state index contributed by atoms with van der Waals surface area (Å²) in [5.41, 5.74) is 0. The molecule has 0 heterocycles. The molecule has 0 aromatic heterocycles. The van der Waals surface area contributed by atoms with Crippen LogP contribution < -0.4 is 0 Å². The predicted octanol–water partition coefficient (Wildman–Crippen LogP) is 0.735. The maximum Gasteiger partial charge on any atom is 2.00 e. The number of carbonyl (C=O) groups excluding carboxylic acids is 4. The van der Waals surface area contributed by atoms with Crippen molar-refractivity contribution in [3.63, 3.8) is 0 Å². The van der Waals surface area contributed by atoms with Gasteiger partial charge in [0.2, 0.25) is 0 Å². The van der Waals surface area contributed by atoms with E-state index in [1.807, 2.05) is 0 Å². The number of rotatable bonds is 4. The van der Waals surface area contributed by atoms with Gasteiger partial charge in [0, 0.05) is 23.1 Å². The minimum atomic E-state index is -0.187. The molecule has 0 fully saturated rings. The third kappa shape index (κ3) is 32.2. The molecule has 0 aliphatic carbocycles. The van der Waals surface area contributed by atoms with Crippen LogP contribution in [-0.4, -0.2) is 23.1 Å². The first-order chi connectivity index (χ1) is 6.25. The summed E-state index contributed by atoms with van der Waals surface area (Å²) in [6.07, 6.45) is 2.11. The van der Waals surface area contributed by atoms with E-state index in [-0.39, 0.29) is 39.6 Å². The van der Waals surface area contributed by atoms with Crippen LogP contribution in [0.3, 0.4) is 0 Å². The van der Waals surface area contributed by atoms with Crippen LogP contribution >= 0.6 is 0 Å². The van der Waals surface area contributed by atoms with Gasteiger partial charge in [-0.15, -0.1) is 0 Å². The Hall–Kier alpha value is -1.09. The van der Waals surface area contributed by atoms with Gasteiger partial charge in [-0.25, -0.2) is 0 Å². The first kappa shape index (κ1) is 19.5. The first-order valence-corrected chi connectivity index (χ1v) is 3.97. The normalized spacial score (nSPS) is 7.20. The molecule has 0 aliphatic rings. The Kier molecular flexibility index (Phi) is 14.3. The molecule has 0 unspecified atom stereocenters. The standard InChI is InChI=1S/2C5H7O2.Ni/c2*1-4(6)3-5(2)7;/h2*3H,1-2H3;/q2*-1;+2. The molecular formula is C10H14NiO4. The van der Waals surface area contributed by atoms with E-state index in [0.29, 0.717) is 0 Å². The van der Waals surface area contributed by atoms with Crippen LogP contribution in [0.2, 0.25) is 0 Å². The topological polar surface area (TPSA) is 68.3 Å². The number of hydrogen-bond donors (Lipinski definition) is 0. The maximum absolute atomic E-state index is 9.98. The van der Waals surface area contributed by atoms with Crippen molar-refractivity contribution in [3.8, 4) is 0 Å². The first-order valence-electron chi connectivity index (χ1n) is 3.97. The van der Waals surface area contributed by atoms with E-state index in [1.54, 1.807) is 0 Å². The van der Waals surface area contributed by atoms with Gasteiger partial charge in [-0.1, -0.05) is 0 Å². The van der Waals surface area contributed by atoms with Crippen molar-refractivity contribution in [1.82, 2.24) is 0 Å². The Morgan fingerprint density at radius 2 is 0.733 bits per heavy atom. The van der Waals surface area contributed by atoms with Crippen molar-refractivity contribution in [2.45, 2.75) is 27.7 Å². The quantitative estimate of drug-likeness (QED) is 0.423. The molecule has 5 heteroatoms. The van der Waals surface area contributed by atoms with Crippen LogP contribution in [0.5, 0.6) is 0 Å². The second kappa shape index (κ2) is 11.0. The fourth-order valence-electron chi connectivity index (χ4n) is 0.572. The summed E-state index contributed by atoms with van der Waals surface area (Å²) >= 11 is 0. The van der Waals surface area contributed by atoms with Crippen LogP contribution in [0.25, 0.3) is 0 Å². The average Bonchev–Trinajstić information content (AvgIpc) is 1.79. The van der Waals surface area contributed by atoms with Crippen molar-refractivity contribution in [2.75, 3.05) is 0 Å². The molecule has 0 bridgehead atoms. The van der Waals surface area contributed by atoms with Crippen molar-refractivity contribution in [1.29, 1.82) is 0 Å². The Morgan fingerprint density at radius 3 is 0.733 bits per heavy atom. The van der Waals surface area contributed by atoms with Gasteiger partial charge in [-0.3, -0.25) is 12.8 Å². The van der Waals surface area contributed by atoms with E-state index >= 15 is 0 Å². The maximum atomic E-state index is 9.98. The van der Waals surface area contributed by atoms with Crippen LogP contribution in [0.4, 0.5) is 0 Å². The van der Waals surface area contributed by atoms with Gasteiger partial charge in [0.15, 0.2) is 0 Å². The summed E-state index contributed by atoms with van der Waals surface area (Å²) in [7, 11) is 0. The molecule has 0 saturated carbocycles. The fourth-order valence-corrected chi connectivity index (χ4v) is 0.572. The van der Waals surface area contributed by atoms with Gasteiger partial charge >= 0.3 is 16.5 Å². The third-order valence-electron chi connectivity index (χ3n) is 0.813. The Morgan fingerprint density at radius 1 is 0.600 bits per heavy atom. The molecule has 0 rings (SSSR count). The molecule has 4 nitrogen and oxygen atoms in total. The van der Waals surface area contributed by atoms with Crippen molar-refractivity contribution in [2.24, 2.45) is 0 Å². The second-order valence-corrected chi connectivity index (χ2v) is 2.73. The molecule has 0 spiro atoms. The van der Waals surface area contributed by atoms with Gasteiger partial charge in [0.05, 0.1) is 0 Å². The Labute approximate surface area is 99.7 Å². The molecule has 0 N–H and O–H groups in total. The van der Waals surface area contributed by atoms with E-state index in [4.69, 9.17) is 0 Å². The molecule has 0 aliphatic heterocycles. The summed E-state index contributed by atoms with van der Waals surface area (Å²) in [6, 6.07) is 0. The van der Waals surface area contributed by atoms with E-state index in [0.717, 1.165) is 12.8 Å². The monoisotopic (exact) mass is 256 g/mol. The minimum Gasteiger partial charge on any atom is -0.334 e. The van der Waals surface area contributed by atoms with E-state index < -0.39 is 0 Å². The second-order valence-electron chi connectivity index (χ2n) is 2.73. The van der Waals surface area contributed by atoms with Gasteiger partial charge in [0.1, 0.15) is 0 Å². The summed E-state index contributed by atoms with van der Waals surface area (Å²) in [6.45, 7) is 5.39. The molecule has 0 amide bonds. The van der Waals surface area contributed by atoms with Crippen LogP contribution in [-0.2, 0) is 35.7 Å². The van der Waals surface area contributed by atoms with Crippen LogP contribution in [0.15, 0.2) is 0 Å². The SMILES string of the molecule is CC(=O)[CH-]C(C)=O.CC(=O)[CH-]C(C)=O.[Ni+2]. The van der Waals surface area contributed by atoms with Crippen LogP contribution in [0, 0.1) is 12.8 Å². The molecule has 0 aromatic carbocycles. The Balaban J connectivity index is -0.000000180. The zero-order valence-corrected chi connectivity index (χ0v) is 10.1. The predicted molar refractivity (Wildman–Crippen MR) is 51.3 cm³/mol. The molecule has 88 valence electrons.